The maximum absolute atomic E-state index is 13.2. The first-order chi connectivity index (χ1) is 13.1. The highest BCUT2D eigenvalue weighted by atomic mass is 28.4. The second-order valence-corrected chi connectivity index (χ2v) is 15.3. The van der Waals surface area contributed by atoms with E-state index in [1.807, 2.05) is 27.7 Å². The Morgan fingerprint density at radius 1 is 1.17 bits per heavy atom. The summed E-state index contributed by atoms with van der Waals surface area (Å²) in [5, 5.41) is 0.0591. The quantitative estimate of drug-likeness (QED) is 0.224. The normalized spacial score (nSPS) is 22.5. The van der Waals surface area contributed by atoms with Crippen molar-refractivity contribution < 1.29 is 18.8 Å². The van der Waals surface area contributed by atoms with Crippen LogP contribution in [0.25, 0.3) is 0 Å². The van der Waals surface area contributed by atoms with Gasteiger partial charge in [0, 0.05) is 0 Å². The summed E-state index contributed by atoms with van der Waals surface area (Å²) in [5.41, 5.74) is -0.615. The lowest BCUT2D eigenvalue weighted by molar-refractivity contribution is -0.182. The van der Waals surface area contributed by atoms with E-state index >= 15 is 0 Å². The predicted octanol–water partition coefficient (Wildman–Crippen LogP) is 5.09. The Labute approximate surface area is 178 Å². The van der Waals surface area contributed by atoms with Crippen LogP contribution in [0.4, 0.5) is 0 Å². The highest BCUT2D eigenvalue weighted by Gasteiger charge is 2.55. The van der Waals surface area contributed by atoms with Crippen LogP contribution in [-0.2, 0) is 18.8 Å². The molecule has 0 bridgehead atoms. The van der Waals surface area contributed by atoms with Crippen molar-refractivity contribution in [2.24, 2.45) is 5.92 Å². The van der Waals surface area contributed by atoms with Crippen LogP contribution in [0, 0.1) is 5.92 Å². The molecule has 0 aromatic carbocycles. The number of likely N-dealkylation sites (tertiary alicyclic amines) is 1. The van der Waals surface area contributed by atoms with Crippen molar-refractivity contribution in [3.63, 3.8) is 0 Å². The Morgan fingerprint density at radius 2 is 1.72 bits per heavy atom. The van der Waals surface area contributed by atoms with Gasteiger partial charge >= 0.3 is 5.97 Å². The molecule has 0 unspecified atom stereocenters. The summed E-state index contributed by atoms with van der Waals surface area (Å²) in [6, 6.07) is -0.794. The van der Waals surface area contributed by atoms with Gasteiger partial charge in [-0.2, -0.15) is 0 Å². The van der Waals surface area contributed by atoms with E-state index in [2.05, 4.69) is 47.0 Å². The van der Waals surface area contributed by atoms with Gasteiger partial charge in [0.25, 0.3) is 0 Å². The summed E-state index contributed by atoms with van der Waals surface area (Å²) in [5.74, 6) is -0.728. The zero-order valence-corrected chi connectivity index (χ0v) is 20.9. The smallest absolute Gasteiger partial charge is 0.329 e. The minimum Gasteiger partial charge on any atom is -0.458 e. The third kappa shape index (κ3) is 6.04. The van der Waals surface area contributed by atoms with Gasteiger partial charge in [0.15, 0.2) is 8.32 Å². The molecular formula is C23H41NO4Si. The van der Waals surface area contributed by atoms with Crippen molar-refractivity contribution in [2.45, 2.75) is 103 Å². The Bertz CT molecular complexity index is 630. The number of β-lactam (4-membered cyclic amide) rings is 1. The molecule has 1 saturated heterocycles. The van der Waals surface area contributed by atoms with Gasteiger partial charge in [-0.15, -0.1) is 13.2 Å². The summed E-state index contributed by atoms with van der Waals surface area (Å²) in [7, 11) is -2.02. The van der Waals surface area contributed by atoms with Crippen molar-refractivity contribution >= 4 is 20.2 Å². The summed E-state index contributed by atoms with van der Waals surface area (Å²) >= 11 is 0. The van der Waals surface area contributed by atoms with Gasteiger partial charge in [0.05, 0.1) is 18.1 Å². The summed E-state index contributed by atoms with van der Waals surface area (Å²) in [4.78, 5) is 27.7. The lowest BCUT2D eigenvalue weighted by atomic mass is 9.79. The van der Waals surface area contributed by atoms with Gasteiger partial charge in [-0.1, -0.05) is 32.9 Å². The zero-order valence-electron chi connectivity index (χ0n) is 19.9. The number of hydrogen-bond donors (Lipinski definition) is 0. The number of hydrogen-bond acceptors (Lipinski definition) is 4. The van der Waals surface area contributed by atoms with Crippen LogP contribution in [-0.4, -0.2) is 48.9 Å². The fourth-order valence-electron chi connectivity index (χ4n) is 3.49. The predicted molar refractivity (Wildman–Crippen MR) is 121 cm³/mol. The molecular weight excluding hydrogens is 382 g/mol. The number of amides is 1. The van der Waals surface area contributed by atoms with E-state index in [4.69, 9.17) is 9.16 Å². The molecule has 0 aliphatic carbocycles. The monoisotopic (exact) mass is 423 g/mol. The number of carbonyl (C=O) groups is 2. The molecule has 6 heteroatoms. The van der Waals surface area contributed by atoms with Gasteiger partial charge in [-0.05, 0) is 58.7 Å². The molecule has 1 amide bonds. The fraction of sp³-hybridized carbons (Fsp3) is 0.739. The number of rotatable bonds is 9. The van der Waals surface area contributed by atoms with Gasteiger partial charge in [0.1, 0.15) is 11.6 Å². The molecule has 29 heavy (non-hydrogen) atoms. The molecule has 0 radical (unpaired) electrons. The Kier molecular flexibility index (Phi) is 8.10. The molecule has 0 saturated carbocycles. The van der Waals surface area contributed by atoms with E-state index in [1.165, 1.54) is 0 Å². The maximum atomic E-state index is 13.2. The summed E-state index contributed by atoms with van der Waals surface area (Å²) in [6.07, 6.45) is 4.22. The highest BCUT2D eigenvalue weighted by molar-refractivity contribution is 6.74. The van der Waals surface area contributed by atoms with E-state index in [-0.39, 0.29) is 29.0 Å². The minimum absolute atomic E-state index is 0.0548. The molecule has 1 aliphatic heterocycles. The lowest BCUT2D eigenvalue weighted by Gasteiger charge is -2.53. The SMILES string of the molecule is C=CC[C@H](C(=O)OC(C)(C)C)N1C(=O)[C@H]([C@@H](C)O[Si](C)(C)C(C)(C)C)[C@H]1CC=C. The van der Waals surface area contributed by atoms with Crippen LogP contribution >= 0.6 is 0 Å². The van der Waals surface area contributed by atoms with E-state index in [9.17, 15) is 9.59 Å². The van der Waals surface area contributed by atoms with Crippen LogP contribution in [0.2, 0.25) is 18.1 Å². The molecule has 1 fully saturated rings. The second kappa shape index (κ2) is 9.17. The topological polar surface area (TPSA) is 55.8 Å². The summed E-state index contributed by atoms with van der Waals surface area (Å²) in [6.45, 7) is 26.0. The first-order valence-corrected chi connectivity index (χ1v) is 13.4. The molecule has 1 rings (SSSR count). The first kappa shape index (κ1) is 25.6. The minimum atomic E-state index is -2.02. The van der Waals surface area contributed by atoms with Crippen LogP contribution in [0.3, 0.4) is 0 Å². The Balaban J connectivity index is 3.10. The van der Waals surface area contributed by atoms with Crippen molar-refractivity contribution in [1.29, 1.82) is 0 Å². The Morgan fingerprint density at radius 3 is 2.14 bits per heavy atom. The van der Waals surface area contributed by atoms with E-state index in [0.29, 0.717) is 12.8 Å². The first-order valence-electron chi connectivity index (χ1n) is 10.5. The van der Waals surface area contributed by atoms with E-state index in [1.54, 1.807) is 17.1 Å². The number of ether oxygens (including phenoxy) is 1. The van der Waals surface area contributed by atoms with E-state index < -0.39 is 25.9 Å². The molecule has 0 aromatic rings. The molecule has 4 atom stereocenters. The van der Waals surface area contributed by atoms with Crippen LogP contribution < -0.4 is 0 Å². The lowest BCUT2D eigenvalue weighted by Crippen LogP contribution is -2.69. The molecule has 5 nitrogen and oxygen atoms in total. The van der Waals surface area contributed by atoms with Crippen molar-refractivity contribution in [3.05, 3.63) is 25.3 Å². The van der Waals surface area contributed by atoms with Crippen LogP contribution in [0.15, 0.2) is 25.3 Å². The largest absolute Gasteiger partial charge is 0.458 e. The van der Waals surface area contributed by atoms with Crippen LogP contribution in [0.5, 0.6) is 0 Å². The van der Waals surface area contributed by atoms with Gasteiger partial charge in [-0.25, -0.2) is 4.79 Å². The standard InChI is InChI=1S/C23H41NO4Si/c1-12-14-17-19(16(3)28-29(10,11)23(7,8)9)20(25)24(17)18(15-13-2)21(26)27-22(4,5)6/h12-13,16-19H,1-2,14-15H2,3-11H3/t16-,17-,18-,19-/m1/s1. The summed E-state index contributed by atoms with van der Waals surface area (Å²) < 4.78 is 12.1. The molecule has 1 heterocycles. The molecule has 166 valence electrons. The highest BCUT2D eigenvalue weighted by Crippen LogP contribution is 2.42. The molecule has 0 aromatic heterocycles. The van der Waals surface area contributed by atoms with Crippen molar-refractivity contribution in [3.8, 4) is 0 Å². The van der Waals surface area contributed by atoms with Crippen molar-refractivity contribution in [2.75, 3.05) is 0 Å². The average molecular weight is 424 g/mol. The van der Waals surface area contributed by atoms with Crippen LogP contribution in [0.1, 0.15) is 61.3 Å². The Hall–Kier alpha value is -1.40. The third-order valence-corrected chi connectivity index (χ3v) is 10.5. The third-order valence-electron chi connectivity index (χ3n) is 5.92. The molecule has 0 spiro atoms. The van der Waals surface area contributed by atoms with E-state index in [0.717, 1.165) is 0 Å². The van der Waals surface area contributed by atoms with Gasteiger partial charge in [0.2, 0.25) is 5.91 Å². The molecule has 1 aliphatic rings. The number of carbonyl (C=O) groups excluding carboxylic acids is 2. The van der Waals surface area contributed by atoms with Crippen molar-refractivity contribution in [1.82, 2.24) is 4.90 Å². The van der Waals surface area contributed by atoms with Gasteiger partial charge in [-0.3, -0.25) is 4.79 Å². The maximum Gasteiger partial charge on any atom is 0.329 e. The van der Waals surface area contributed by atoms with Gasteiger partial charge < -0.3 is 14.1 Å². The average Bonchev–Trinajstić information content (AvgIpc) is 2.50. The zero-order chi connectivity index (χ0) is 22.8. The molecule has 0 N–H and O–H groups in total. The number of nitrogens with zero attached hydrogens (tertiary/aromatic N) is 1. The number of esters is 1. The fourth-order valence-corrected chi connectivity index (χ4v) is 4.92. The second-order valence-electron chi connectivity index (χ2n) is 10.5.